The molecule has 0 saturated carbocycles. The SMILES string of the molecule is COc1cc(O)c(Cl)cc1/C=C/C(=O)c1ccc(Br)cc1. The maximum Gasteiger partial charge on any atom is 0.185 e. The highest BCUT2D eigenvalue weighted by Crippen LogP contribution is 2.32. The number of hydrogen-bond donors (Lipinski definition) is 1. The molecule has 0 aliphatic carbocycles. The standard InChI is InChI=1S/C16H12BrClO3/c1-21-16-9-15(20)13(18)8-11(16)4-7-14(19)10-2-5-12(17)6-3-10/h2-9,20H,1H3/b7-4+. The van der Waals surface area contributed by atoms with Gasteiger partial charge in [0.1, 0.15) is 11.5 Å². The fraction of sp³-hybridized carbons (Fsp3) is 0.0625. The molecule has 3 nitrogen and oxygen atoms in total. The van der Waals surface area contributed by atoms with Gasteiger partial charge in [0.05, 0.1) is 12.1 Å². The number of carbonyl (C=O) groups is 1. The van der Waals surface area contributed by atoms with Gasteiger partial charge >= 0.3 is 0 Å². The number of rotatable bonds is 4. The number of phenolic OH excluding ortho intramolecular Hbond substituents is 1. The van der Waals surface area contributed by atoms with Gasteiger partial charge in [0, 0.05) is 21.7 Å². The lowest BCUT2D eigenvalue weighted by Crippen LogP contribution is -1.94. The molecule has 0 saturated heterocycles. The molecule has 2 aromatic carbocycles. The molecule has 0 spiro atoms. The van der Waals surface area contributed by atoms with E-state index in [1.807, 2.05) is 0 Å². The predicted molar refractivity (Wildman–Crippen MR) is 87.2 cm³/mol. The molecular weight excluding hydrogens is 356 g/mol. The van der Waals surface area contributed by atoms with Gasteiger partial charge in [-0.1, -0.05) is 27.5 Å². The molecule has 0 aliphatic rings. The lowest BCUT2D eigenvalue weighted by Gasteiger charge is -2.06. The van der Waals surface area contributed by atoms with Crippen LogP contribution in [0.2, 0.25) is 5.02 Å². The summed E-state index contributed by atoms with van der Waals surface area (Å²) in [4.78, 5) is 12.1. The number of hydrogen-bond acceptors (Lipinski definition) is 3. The number of methoxy groups -OCH3 is 1. The third kappa shape index (κ3) is 3.86. The molecule has 1 N–H and O–H groups in total. The van der Waals surface area contributed by atoms with E-state index < -0.39 is 0 Å². The first-order chi connectivity index (χ1) is 10.0. The minimum absolute atomic E-state index is 0.0649. The quantitative estimate of drug-likeness (QED) is 0.628. The second-order valence-electron chi connectivity index (χ2n) is 4.25. The van der Waals surface area contributed by atoms with Crippen LogP contribution in [0.15, 0.2) is 46.9 Å². The van der Waals surface area contributed by atoms with Crippen molar-refractivity contribution in [2.24, 2.45) is 0 Å². The molecule has 0 amide bonds. The van der Waals surface area contributed by atoms with E-state index in [1.165, 1.54) is 19.3 Å². The Labute approximate surface area is 135 Å². The van der Waals surface area contributed by atoms with Gasteiger partial charge in [-0.25, -0.2) is 0 Å². The lowest BCUT2D eigenvalue weighted by atomic mass is 10.1. The molecule has 0 fully saturated rings. The number of halogens is 2. The van der Waals surface area contributed by atoms with Crippen molar-refractivity contribution >= 4 is 39.4 Å². The molecule has 0 unspecified atom stereocenters. The summed E-state index contributed by atoms with van der Waals surface area (Å²) in [5, 5.41) is 9.73. The topological polar surface area (TPSA) is 46.5 Å². The maximum absolute atomic E-state index is 12.1. The fourth-order valence-corrected chi connectivity index (χ4v) is 2.18. The zero-order chi connectivity index (χ0) is 15.4. The summed E-state index contributed by atoms with van der Waals surface area (Å²) in [6.45, 7) is 0. The molecule has 2 rings (SSSR count). The van der Waals surface area contributed by atoms with Crippen LogP contribution in [0.3, 0.4) is 0 Å². The first kappa shape index (κ1) is 15.6. The third-order valence-corrected chi connectivity index (χ3v) is 3.67. The summed E-state index contributed by atoms with van der Waals surface area (Å²) in [5.74, 6) is 0.246. The fourth-order valence-electron chi connectivity index (χ4n) is 1.74. The van der Waals surface area contributed by atoms with E-state index >= 15 is 0 Å². The molecule has 0 aromatic heterocycles. The molecule has 0 aliphatic heterocycles. The van der Waals surface area contributed by atoms with Crippen LogP contribution in [0.1, 0.15) is 15.9 Å². The Hall–Kier alpha value is -1.78. The molecule has 0 heterocycles. The summed E-state index contributed by atoms with van der Waals surface area (Å²) in [7, 11) is 1.48. The van der Waals surface area contributed by atoms with E-state index in [1.54, 1.807) is 36.4 Å². The zero-order valence-electron chi connectivity index (χ0n) is 11.1. The number of phenols is 1. The molecule has 0 bridgehead atoms. The first-order valence-corrected chi connectivity index (χ1v) is 7.23. The van der Waals surface area contributed by atoms with Crippen molar-refractivity contribution in [3.63, 3.8) is 0 Å². The van der Waals surface area contributed by atoms with Gasteiger partial charge in [-0.3, -0.25) is 4.79 Å². The lowest BCUT2D eigenvalue weighted by molar-refractivity contribution is 0.104. The van der Waals surface area contributed by atoms with Crippen molar-refractivity contribution in [1.82, 2.24) is 0 Å². The number of aromatic hydroxyl groups is 1. The summed E-state index contributed by atoms with van der Waals surface area (Å²) < 4.78 is 6.06. The third-order valence-electron chi connectivity index (χ3n) is 2.84. The van der Waals surface area contributed by atoms with Crippen LogP contribution in [-0.2, 0) is 0 Å². The second-order valence-corrected chi connectivity index (χ2v) is 5.57. The number of ketones is 1. The van der Waals surface area contributed by atoms with Crippen LogP contribution in [-0.4, -0.2) is 18.0 Å². The number of allylic oxidation sites excluding steroid dienone is 1. The van der Waals surface area contributed by atoms with Gasteiger partial charge in [0.15, 0.2) is 5.78 Å². The van der Waals surface area contributed by atoms with Crippen molar-refractivity contribution in [1.29, 1.82) is 0 Å². The Kier molecular flexibility index (Phi) is 5.04. The van der Waals surface area contributed by atoms with Crippen molar-refractivity contribution in [3.8, 4) is 11.5 Å². The van der Waals surface area contributed by atoms with Crippen molar-refractivity contribution in [3.05, 3.63) is 63.1 Å². The van der Waals surface area contributed by atoms with Gasteiger partial charge in [0.25, 0.3) is 0 Å². The van der Waals surface area contributed by atoms with Gasteiger partial charge < -0.3 is 9.84 Å². The zero-order valence-corrected chi connectivity index (χ0v) is 13.5. The highest BCUT2D eigenvalue weighted by Gasteiger charge is 2.07. The molecule has 0 radical (unpaired) electrons. The van der Waals surface area contributed by atoms with Crippen molar-refractivity contribution in [2.45, 2.75) is 0 Å². The minimum Gasteiger partial charge on any atom is -0.506 e. The van der Waals surface area contributed by atoms with E-state index in [9.17, 15) is 9.90 Å². The molecular formula is C16H12BrClO3. The van der Waals surface area contributed by atoms with Crippen molar-refractivity contribution < 1.29 is 14.6 Å². The van der Waals surface area contributed by atoms with Gasteiger partial charge in [-0.2, -0.15) is 0 Å². The highest BCUT2D eigenvalue weighted by molar-refractivity contribution is 9.10. The average molecular weight is 368 g/mol. The average Bonchev–Trinajstić information content (AvgIpc) is 2.48. The van der Waals surface area contributed by atoms with Gasteiger partial charge in [0.2, 0.25) is 0 Å². The molecule has 108 valence electrons. The first-order valence-electron chi connectivity index (χ1n) is 6.05. The summed E-state index contributed by atoms with van der Waals surface area (Å²) in [6.07, 6.45) is 3.04. The van der Waals surface area contributed by atoms with Crippen LogP contribution in [0.25, 0.3) is 6.08 Å². The van der Waals surface area contributed by atoms with Gasteiger partial charge in [-0.05, 0) is 42.5 Å². The van der Waals surface area contributed by atoms with E-state index in [2.05, 4.69) is 15.9 Å². The Bertz CT molecular complexity index is 693. The summed E-state index contributed by atoms with van der Waals surface area (Å²) in [5.41, 5.74) is 1.20. The Morgan fingerprint density at radius 2 is 1.95 bits per heavy atom. The van der Waals surface area contributed by atoms with Crippen LogP contribution >= 0.6 is 27.5 Å². The smallest absolute Gasteiger partial charge is 0.185 e. The van der Waals surface area contributed by atoms with Gasteiger partial charge in [-0.15, -0.1) is 0 Å². The molecule has 21 heavy (non-hydrogen) atoms. The van der Waals surface area contributed by atoms with Crippen LogP contribution in [0.4, 0.5) is 0 Å². The molecule has 0 atom stereocenters. The Morgan fingerprint density at radius 3 is 2.57 bits per heavy atom. The Morgan fingerprint density at radius 1 is 1.29 bits per heavy atom. The molecule has 5 heteroatoms. The summed E-state index contributed by atoms with van der Waals surface area (Å²) in [6, 6.07) is 10.0. The van der Waals surface area contributed by atoms with E-state index in [4.69, 9.17) is 16.3 Å². The second kappa shape index (κ2) is 6.78. The minimum atomic E-state index is -0.131. The Balaban J connectivity index is 2.26. The normalized spacial score (nSPS) is 10.8. The van der Waals surface area contributed by atoms with Crippen LogP contribution in [0.5, 0.6) is 11.5 Å². The van der Waals surface area contributed by atoms with Crippen LogP contribution < -0.4 is 4.74 Å². The predicted octanol–water partition coefficient (Wildman–Crippen LogP) is 4.71. The van der Waals surface area contributed by atoms with Crippen LogP contribution in [0, 0.1) is 0 Å². The highest BCUT2D eigenvalue weighted by atomic mass is 79.9. The number of carbonyl (C=O) groups excluding carboxylic acids is 1. The number of ether oxygens (including phenoxy) is 1. The number of benzene rings is 2. The summed E-state index contributed by atoms with van der Waals surface area (Å²) >= 11 is 9.18. The van der Waals surface area contributed by atoms with E-state index in [0.717, 1.165) is 4.47 Å². The van der Waals surface area contributed by atoms with Crippen molar-refractivity contribution in [2.75, 3.05) is 7.11 Å². The maximum atomic E-state index is 12.1. The monoisotopic (exact) mass is 366 g/mol. The van der Waals surface area contributed by atoms with E-state index in [0.29, 0.717) is 16.9 Å². The van der Waals surface area contributed by atoms with E-state index in [-0.39, 0.29) is 16.6 Å². The largest absolute Gasteiger partial charge is 0.506 e. The molecule has 2 aromatic rings.